The Bertz CT molecular complexity index is 1180. The zero-order valence-electron chi connectivity index (χ0n) is 21.6. The van der Waals surface area contributed by atoms with Crippen LogP contribution in [0.25, 0.3) is 0 Å². The van der Waals surface area contributed by atoms with Crippen LogP contribution in [0.15, 0.2) is 41.4 Å². The van der Waals surface area contributed by atoms with Gasteiger partial charge in [0, 0.05) is 43.2 Å². The summed E-state index contributed by atoms with van der Waals surface area (Å²) in [5, 5.41) is 18.4. The number of aryl methyl sites for hydroxylation is 3. The lowest BCUT2D eigenvalue weighted by Crippen LogP contribution is -2.45. The van der Waals surface area contributed by atoms with Crippen molar-refractivity contribution < 1.29 is 19.5 Å². The molecule has 9 heteroatoms. The number of carboxylic acid groups (broad SMARTS) is 1. The van der Waals surface area contributed by atoms with E-state index in [9.17, 15) is 19.5 Å². The van der Waals surface area contributed by atoms with Crippen molar-refractivity contribution in [2.24, 2.45) is 10.9 Å². The van der Waals surface area contributed by atoms with Crippen LogP contribution in [0.3, 0.4) is 0 Å². The predicted octanol–water partition coefficient (Wildman–Crippen LogP) is 2.33. The zero-order chi connectivity index (χ0) is 26.5. The Kier molecular flexibility index (Phi) is 8.11. The van der Waals surface area contributed by atoms with Crippen LogP contribution in [0.1, 0.15) is 45.5 Å². The molecular formula is C28H35N5O4. The molecule has 0 spiro atoms. The SMILES string of the molecule is Cc1cc(C)c(C(=O)NC(Cc2ccc(N3CCC(C(=O)NC4=NCCN4)CC3)cc2)C(=O)O)c(C)c1. The largest absolute Gasteiger partial charge is 0.480 e. The van der Waals surface area contributed by atoms with Gasteiger partial charge in [0.15, 0.2) is 5.96 Å². The van der Waals surface area contributed by atoms with E-state index in [1.807, 2.05) is 57.2 Å². The van der Waals surface area contributed by atoms with Crippen LogP contribution in [0.5, 0.6) is 0 Å². The third-order valence-electron chi connectivity index (χ3n) is 7.03. The fourth-order valence-electron chi connectivity index (χ4n) is 5.15. The summed E-state index contributed by atoms with van der Waals surface area (Å²) in [4.78, 5) is 43.8. The summed E-state index contributed by atoms with van der Waals surface area (Å²) in [5.41, 5.74) is 5.10. The highest BCUT2D eigenvalue weighted by Gasteiger charge is 2.27. The molecule has 1 unspecified atom stereocenters. The summed E-state index contributed by atoms with van der Waals surface area (Å²) in [6.45, 7) is 8.67. The molecule has 0 aliphatic carbocycles. The van der Waals surface area contributed by atoms with E-state index in [0.29, 0.717) is 18.1 Å². The molecule has 0 bridgehead atoms. The first-order chi connectivity index (χ1) is 17.7. The maximum absolute atomic E-state index is 12.9. The standard InChI is InChI=1S/C28H35N5O4/c1-17-14-18(2)24(19(3)15-17)26(35)31-23(27(36)37)16-20-4-6-22(7-5-20)33-12-8-21(9-13-33)25(34)32-28-29-10-11-30-28/h4-7,14-15,21,23H,8-13,16H2,1-3H3,(H,31,35)(H,36,37)(H2,29,30,32,34). The van der Waals surface area contributed by atoms with Crippen LogP contribution in [-0.4, -0.2) is 61.1 Å². The predicted molar refractivity (Wildman–Crippen MR) is 143 cm³/mol. The molecule has 2 aliphatic rings. The molecule has 2 aromatic carbocycles. The van der Waals surface area contributed by atoms with Crippen molar-refractivity contribution in [3.8, 4) is 0 Å². The van der Waals surface area contributed by atoms with Gasteiger partial charge >= 0.3 is 5.97 Å². The molecule has 0 saturated carbocycles. The van der Waals surface area contributed by atoms with E-state index in [2.05, 4.69) is 25.8 Å². The van der Waals surface area contributed by atoms with Crippen molar-refractivity contribution in [1.29, 1.82) is 0 Å². The number of nitrogens with one attached hydrogen (secondary N) is 3. The summed E-state index contributed by atoms with van der Waals surface area (Å²) in [6.07, 6.45) is 1.70. The number of piperidine rings is 1. The van der Waals surface area contributed by atoms with Gasteiger partial charge in [0.25, 0.3) is 5.91 Å². The van der Waals surface area contributed by atoms with Gasteiger partial charge in [0.05, 0.1) is 6.54 Å². The molecule has 0 radical (unpaired) electrons. The molecular weight excluding hydrogens is 470 g/mol. The number of aliphatic carboxylic acids is 1. The Morgan fingerprint density at radius 1 is 1.08 bits per heavy atom. The lowest BCUT2D eigenvalue weighted by molar-refractivity contribution is -0.139. The molecule has 4 rings (SSSR count). The third-order valence-corrected chi connectivity index (χ3v) is 7.03. The number of carbonyl (C=O) groups is 3. The minimum absolute atomic E-state index is 0.0148. The van der Waals surface area contributed by atoms with E-state index in [0.717, 1.165) is 60.4 Å². The number of rotatable bonds is 7. The molecule has 1 atom stereocenters. The second-order valence-electron chi connectivity index (χ2n) is 9.92. The minimum Gasteiger partial charge on any atom is -0.480 e. The molecule has 2 heterocycles. The number of anilines is 1. The normalized spacial score (nSPS) is 16.5. The van der Waals surface area contributed by atoms with Crippen LogP contribution in [-0.2, 0) is 16.0 Å². The number of nitrogens with zero attached hydrogens (tertiary/aromatic N) is 2. The molecule has 2 aromatic rings. The van der Waals surface area contributed by atoms with Crippen LogP contribution in [0.2, 0.25) is 0 Å². The number of aliphatic imine (C=N–C) groups is 1. The first kappa shape index (κ1) is 26.2. The maximum Gasteiger partial charge on any atom is 0.326 e. The summed E-state index contributed by atoms with van der Waals surface area (Å²) < 4.78 is 0. The highest BCUT2D eigenvalue weighted by molar-refractivity contribution is 5.99. The summed E-state index contributed by atoms with van der Waals surface area (Å²) in [6, 6.07) is 10.6. The second-order valence-corrected chi connectivity index (χ2v) is 9.92. The van der Waals surface area contributed by atoms with Crippen LogP contribution in [0.4, 0.5) is 5.69 Å². The topological polar surface area (TPSA) is 123 Å². The number of guanidine groups is 1. The monoisotopic (exact) mass is 505 g/mol. The first-order valence-corrected chi connectivity index (χ1v) is 12.8. The first-order valence-electron chi connectivity index (χ1n) is 12.8. The fourth-order valence-corrected chi connectivity index (χ4v) is 5.15. The molecule has 196 valence electrons. The van der Waals surface area contributed by atoms with Crippen LogP contribution >= 0.6 is 0 Å². The van der Waals surface area contributed by atoms with Crippen LogP contribution in [0, 0.1) is 26.7 Å². The molecule has 9 nitrogen and oxygen atoms in total. The molecule has 1 saturated heterocycles. The van der Waals surface area contributed by atoms with Crippen molar-refractivity contribution in [2.45, 2.75) is 46.1 Å². The van der Waals surface area contributed by atoms with Crippen molar-refractivity contribution in [1.82, 2.24) is 16.0 Å². The Morgan fingerprint density at radius 3 is 2.30 bits per heavy atom. The van der Waals surface area contributed by atoms with E-state index < -0.39 is 12.0 Å². The van der Waals surface area contributed by atoms with Crippen LogP contribution < -0.4 is 20.9 Å². The lowest BCUT2D eigenvalue weighted by atomic mass is 9.95. The quantitative estimate of drug-likeness (QED) is 0.458. The van der Waals surface area contributed by atoms with Gasteiger partial charge in [-0.25, -0.2) is 4.79 Å². The van der Waals surface area contributed by atoms with Gasteiger partial charge in [-0.05, 0) is 62.4 Å². The van der Waals surface area contributed by atoms with Gasteiger partial charge in [0.1, 0.15) is 6.04 Å². The fraction of sp³-hybridized carbons (Fsp3) is 0.429. The van der Waals surface area contributed by atoms with Crippen molar-refractivity contribution >= 4 is 29.4 Å². The summed E-state index contributed by atoms with van der Waals surface area (Å²) >= 11 is 0. The number of benzene rings is 2. The van der Waals surface area contributed by atoms with Gasteiger partial charge in [-0.1, -0.05) is 29.8 Å². The average Bonchev–Trinajstić information content (AvgIpc) is 3.36. The molecule has 37 heavy (non-hydrogen) atoms. The zero-order valence-corrected chi connectivity index (χ0v) is 21.6. The van der Waals surface area contributed by atoms with Crippen molar-refractivity contribution in [2.75, 3.05) is 31.1 Å². The highest BCUT2D eigenvalue weighted by atomic mass is 16.4. The number of carboxylic acids is 1. The Hall–Kier alpha value is -3.88. The Labute approximate surface area is 217 Å². The van der Waals surface area contributed by atoms with Gasteiger partial charge < -0.3 is 20.6 Å². The summed E-state index contributed by atoms with van der Waals surface area (Å²) in [5.74, 6) is -0.897. The highest BCUT2D eigenvalue weighted by Crippen LogP contribution is 2.24. The summed E-state index contributed by atoms with van der Waals surface area (Å²) in [7, 11) is 0. The average molecular weight is 506 g/mol. The Morgan fingerprint density at radius 2 is 1.73 bits per heavy atom. The van der Waals surface area contributed by atoms with E-state index in [1.54, 1.807) is 0 Å². The molecule has 4 N–H and O–H groups in total. The molecule has 2 aliphatic heterocycles. The van der Waals surface area contributed by atoms with E-state index in [4.69, 9.17) is 0 Å². The smallest absolute Gasteiger partial charge is 0.326 e. The van der Waals surface area contributed by atoms with Gasteiger partial charge in [0.2, 0.25) is 5.91 Å². The molecule has 0 aromatic heterocycles. The van der Waals surface area contributed by atoms with Crippen molar-refractivity contribution in [3.05, 3.63) is 64.2 Å². The number of carbonyl (C=O) groups excluding carboxylic acids is 2. The van der Waals surface area contributed by atoms with E-state index in [-0.39, 0.29) is 24.2 Å². The lowest BCUT2D eigenvalue weighted by Gasteiger charge is -2.33. The number of hydrogen-bond acceptors (Lipinski definition) is 6. The Balaban J connectivity index is 1.33. The second kappa shape index (κ2) is 11.5. The van der Waals surface area contributed by atoms with Gasteiger partial charge in [-0.15, -0.1) is 0 Å². The third kappa shape index (κ3) is 6.47. The van der Waals surface area contributed by atoms with Gasteiger partial charge in [-0.2, -0.15) is 0 Å². The van der Waals surface area contributed by atoms with Crippen molar-refractivity contribution in [3.63, 3.8) is 0 Å². The number of hydrogen-bond donors (Lipinski definition) is 4. The molecule has 1 fully saturated rings. The minimum atomic E-state index is -1.07. The number of amides is 2. The van der Waals surface area contributed by atoms with E-state index in [1.165, 1.54) is 0 Å². The van der Waals surface area contributed by atoms with E-state index >= 15 is 0 Å². The van der Waals surface area contributed by atoms with Gasteiger partial charge in [-0.3, -0.25) is 19.9 Å². The maximum atomic E-state index is 12.9. The molecule has 2 amide bonds.